The van der Waals surface area contributed by atoms with E-state index in [1.54, 1.807) is 22.9 Å². The molecular weight excluding hydrogens is 641 g/mol. The normalized spacial score (nSPS) is 11.8. The summed E-state index contributed by atoms with van der Waals surface area (Å²) >= 11 is -0.160. The van der Waals surface area contributed by atoms with Gasteiger partial charge in [0, 0.05) is 46.0 Å². The molecule has 12 nitrogen and oxygen atoms in total. The first kappa shape index (κ1) is 30.2. The number of aromatic nitrogens is 2. The number of anilines is 1. The number of nitrogens with zero attached hydrogens (tertiary/aromatic N) is 4. The average Bonchev–Trinajstić information content (AvgIpc) is 3.29. The molecule has 0 aliphatic rings. The molecule has 0 radical (unpaired) electrons. The molecule has 1 unspecified atom stereocenters. The van der Waals surface area contributed by atoms with Crippen molar-refractivity contribution in [1.29, 1.82) is 0 Å². The highest BCUT2D eigenvalue weighted by atomic mass is 127. The Labute approximate surface area is 241 Å². The molecule has 0 fully saturated rings. The molecule has 3 aromatic rings. The highest BCUT2D eigenvalue weighted by molar-refractivity contribution is 14.1. The molecular formula is C25H27IN5O7S-. The second-order valence-corrected chi connectivity index (χ2v) is 10.5. The van der Waals surface area contributed by atoms with Gasteiger partial charge in [-0.05, 0) is 64.4 Å². The summed E-state index contributed by atoms with van der Waals surface area (Å²) in [6, 6.07) is 15.2. The van der Waals surface area contributed by atoms with E-state index in [1.165, 1.54) is 6.20 Å². The summed E-state index contributed by atoms with van der Waals surface area (Å²) < 4.78 is 26.7. The lowest BCUT2D eigenvalue weighted by Crippen LogP contribution is -2.41. The summed E-state index contributed by atoms with van der Waals surface area (Å²) in [7, 11) is 0. The second-order valence-electron chi connectivity index (χ2n) is 8.63. The maximum Gasteiger partial charge on any atom is 0.323 e. The van der Waals surface area contributed by atoms with Crippen molar-refractivity contribution in [2.45, 2.75) is 26.1 Å². The first-order chi connectivity index (χ1) is 18.6. The SMILES string of the molecule is O=C(O)CN(CC(=O)O)C(=O)Cn1ccnc1CN(CCc1ccc(NS(=O)[O-])cc1)Cc1ccc(I)cc1. The van der Waals surface area contributed by atoms with Crippen molar-refractivity contribution in [2.75, 3.05) is 24.4 Å². The fourth-order valence-corrected chi connectivity index (χ4v) is 4.51. The lowest BCUT2D eigenvalue weighted by Gasteiger charge is -2.24. The Morgan fingerprint density at radius 1 is 0.974 bits per heavy atom. The topological polar surface area (TPSA) is 168 Å². The van der Waals surface area contributed by atoms with Crippen LogP contribution in [0.4, 0.5) is 5.69 Å². The van der Waals surface area contributed by atoms with Gasteiger partial charge in [-0.25, -0.2) is 4.98 Å². The van der Waals surface area contributed by atoms with E-state index < -0.39 is 42.2 Å². The lowest BCUT2D eigenvalue weighted by molar-refractivity contribution is -0.149. The number of nitrogens with one attached hydrogen (secondary N) is 1. The fraction of sp³-hybridized carbons (Fsp3) is 0.280. The largest absolute Gasteiger partial charge is 0.755 e. The summed E-state index contributed by atoms with van der Waals surface area (Å²) in [6.45, 7) is -0.0874. The molecule has 1 aromatic heterocycles. The van der Waals surface area contributed by atoms with Gasteiger partial charge >= 0.3 is 11.9 Å². The Kier molecular flexibility index (Phi) is 11.4. The van der Waals surface area contributed by atoms with Gasteiger partial charge in [-0.2, -0.15) is 0 Å². The zero-order valence-corrected chi connectivity index (χ0v) is 23.7. The Bertz CT molecular complexity index is 1280. The number of aliphatic carboxylic acids is 2. The third-order valence-electron chi connectivity index (χ3n) is 5.67. The monoisotopic (exact) mass is 668 g/mol. The highest BCUT2D eigenvalue weighted by Gasteiger charge is 2.21. The molecule has 14 heteroatoms. The van der Waals surface area contributed by atoms with E-state index >= 15 is 0 Å². The number of benzene rings is 2. The van der Waals surface area contributed by atoms with E-state index in [9.17, 15) is 23.1 Å². The third-order valence-corrected chi connectivity index (χ3v) is 6.79. The van der Waals surface area contributed by atoms with Gasteiger partial charge in [0.1, 0.15) is 25.5 Å². The molecule has 0 saturated heterocycles. The predicted octanol–water partition coefficient (Wildman–Crippen LogP) is 1.94. The standard InChI is InChI=1S/C25H28IN5O7S/c26-20-5-1-19(2-6-20)13-29(11-9-18-3-7-21(8-4-18)28-39(37)38)14-22-27-10-12-30(22)15-23(32)31(16-24(33)34)17-25(35)36/h1-8,10,12,28H,9,11,13-17H2,(H,33,34)(H,35,36)(H,37,38)/p-1. The molecule has 3 N–H and O–H groups in total. The van der Waals surface area contributed by atoms with Crippen LogP contribution in [0.15, 0.2) is 60.9 Å². The fourth-order valence-electron chi connectivity index (χ4n) is 3.83. The van der Waals surface area contributed by atoms with Gasteiger partial charge in [-0.15, -0.1) is 0 Å². The van der Waals surface area contributed by atoms with Crippen molar-refractivity contribution in [3.8, 4) is 0 Å². The molecule has 0 aliphatic carbocycles. The number of hydrogen-bond donors (Lipinski definition) is 3. The number of imidazole rings is 1. The van der Waals surface area contributed by atoms with Crippen LogP contribution in [0.1, 0.15) is 17.0 Å². The van der Waals surface area contributed by atoms with Crippen molar-refractivity contribution in [1.82, 2.24) is 19.4 Å². The Hall–Kier alpha value is -3.34. The van der Waals surface area contributed by atoms with Crippen LogP contribution in [-0.4, -0.2) is 75.8 Å². The molecule has 2 aromatic carbocycles. The highest BCUT2D eigenvalue weighted by Crippen LogP contribution is 2.15. The van der Waals surface area contributed by atoms with Crippen LogP contribution < -0.4 is 4.72 Å². The van der Waals surface area contributed by atoms with E-state index in [0.717, 1.165) is 19.6 Å². The molecule has 0 saturated carbocycles. The van der Waals surface area contributed by atoms with Crippen LogP contribution in [0.2, 0.25) is 0 Å². The molecule has 208 valence electrons. The van der Waals surface area contributed by atoms with Crippen molar-refractivity contribution in [3.63, 3.8) is 0 Å². The number of rotatable bonds is 15. The van der Waals surface area contributed by atoms with Crippen LogP contribution >= 0.6 is 22.6 Å². The molecule has 0 spiro atoms. The lowest BCUT2D eigenvalue weighted by atomic mass is 10.1. The molecule has 39 heavy (non-hydrogen) atoms. The summed E-state index contributed by atoms with van der Waals surface area (Å²) in [5.74, 6) is -2.68. The van der Waals surface area contributed by atoms with Crippen LogP contribution in [0.5, 0.6) is 0 Å². The second kappa shape index (κ2) is 14.7. The summed E-state index contributed by atoms with van der Waals surface area (Å²) in [4.78, 5) is 42.3. The number of carbonyl (C=O) groups excluding carboxylic acids is 1. The van der Waals surface area contributed by atoms with Crippen molar-refractivity contribution in [2.24, 2.45) is 0 Å². The predicted molar refractivity (Wildman–Crippen MR) is 150 cm³/mol. The molecule has 3 rings (SSSR count). The van der Waals surface area contributed by atoms with Gasteiger partial charge in [0.15, 0.2) is 0 Å². The van der Waals surface area contributed by atoms with Gasteiger partial charge in [-0.1, -0.05) is 24.3 Å². The van der Waals surface area contributed by atoms with E-state index in [1.807, 2.05) is 36.4 Å². The summed E-state index contributed by atoms with van der Waals surface area (Å²) in [5.41, 5.74) is 2.55. The van der Waals surface area contributed by atoms with Gasteiger partial charge in [0.2, 0.25) is 5.91 Å². The number of carboxylic acids is 2. The molecule has 0 aliphatic heterocycles. The Morgan fingerprint density at radius 2 is 1.59 bits per heavy atom. The number of amides is 1. The molecule has 1 heterocycles. The Morgan fingerprint density at radius 3 is 2.18 bits per heavy atom. The van der Waals surface area contributed by atoms with Crippen LogP contribution in [-0.2, 0) is 51.7 Å². The zero-order valence-electron chi connectivity index (χ0n) is 20.7. The average molecular weight is 668 g/mol. The van der Waals surface area contributed by atoms with Crippen LogP contribution in [0.3, 0.4) is 0 Å². The molecule has 1 atom stereocenters. The van der Waals surface area contributed by atoms with E-state index in [2.05, 4.69) is 37.2 Å². The van der Waals surface area contributed by atoms with Crippen molar-refractivity contribution in [3.05, 3.63) is 81.4 Å². The van der Waals surface area contributed by atoms with E-state index in [4.69, 9.17) is 10.2 Å². The third kappa shape index (κ3) is 10.4. The van der Waals surface area contributed by atoms with Crippen molar-refractivity contribution < 1.29 is 33.4 Å². The van der Waals surface area contributed by atoms with E-state index in [0.29, 0.717) is 37.6 Å². The number of halogens is 1. The number of carboxylic acid groups (broad SMARTS) is 2. The Balaban J connectivity index is 1.74. The minimum atomic E-state index is -2.40. The number of carbonyl (C=O) groups is 3. The van der Waals surface area contributed by atoms with Gasteiger partial charge in [0.25, 0.3) is 0 Å². The minimum Gasteiger partial charge on any atom is -0.755 e. The smallest absolute Gasteiger partial charge is 0.323 e. The maximum atomic E-state index is 12.7. The van der Waals surface area contributed by atoms with Crippen molar-refractivity contribution >= 4 is 57.4 Å². The summed E-state index contributed by atoms with van der Waals surface area (Å²) in [5, 5.41) is 18.1. The summed E-state index contributed by atoms with van der Waals surface area (Å²) in [6.07, 6.45) is 3.80. The van der Waals surface area contributed by atoms with Gasteiger partial charge < -0.3 is 29.0 Å². The van der Waals surface area contributed by atoms with Crippen LogP contribution in [0.25, 0.3) is 0 Å². The quantitative estimate of drug-likeness (QED) is 0.162. The number of hydrogen-bond acceptors (Lipinski definition) is 7. The first-order valence-corrected chi connectivity index (χ1v) is 13.9. The first-order valence-electron chi connectivity index (χ1n) is 11.7. The zero-order chi connectivity index (χ0) is 28.4. The van der Waals surface area contributed by atoms with Gasteiger partial charge in [0.05, 0.1) is 6.54 Å². The van der Waals surface area contributed by atoms with Gasteiger partial charge in [-0.3, -0.25) is 23.5 Å². The minimum absolute atomic E-state index is 0.247. The molecule has 1 amide bonds. The van der Waals surface area contributed by atoms with Crippen LogP contribution in [0, 0.1) is 3.57 Å². The molecule has 0 bridgehead atoms. The maximum absolute atomic E-state index is 12.7. The van der Waals surface area contributed by atoms with E-state index in [-0.39, 0.29) is 6.54 Å².